The van der Waals surface area contributed by atoms with E-state index in [0.29, 0.717) is 24.0 Å². The molecule has 2 N–H and O–H groups in total. The van der Waals surface area contributed by atoms with Gasteiger partial charge in [0.1, 0.15) is 5.75 Å². The maximum atomic E-state index is 12.3. The minimum Gasteiger partial charge on any atom is -0.507 e. The number of nitrogens with one attached hydrogen (secondary N) is 1. The van der Waals surface area contributed by atoms with Gasteiger partial charge in [-0.2, -0.15) is 0 Å². The van der Waals surface area contributed by atoms with E-state index in [9.17, 15) is 13.5 Å². The predicted octanol–water partition coefficient (Wildman–Crippen LogP) is 1.86. The molecule has 0 fully saturated rings. The van der Waals surface area contributed by atoms with E-state index in [1.807, 2.05) is 6.92 Å². The molecule has 20 heavy (non-hydrogen) atoms. The first-order valence-electron chi connectivity index (χ1n) is 6.34. The highest BCUT2D eigenvalue weighted by molar-refractivity contribution is 7.89. The Kier molecular flexibility index (Phi) is 4.59. The second kappa shape index (κ2) is 6.21. The number of ether oxygens (including phenoxy) is 1. The van der Waals surface area contributed by atoms with Crippen LogP contribution in [-0.2, 0) is 14.8 Å². The van der Waals surface area contributed by atoms with Gasteiger partial charge in [-0.15, -0.1) is 0 Å². The number of hydrogen-bond donors (Lipinski definition) is 2. The fourth-order valence-corrected chi connectivity index (χ4v) is 3.18. The van der Waals surface area contributed by atoms with Crippen molar-refractivity contribution in [3.63, 3.8) is 0 Å². The number of benzene rings is 2. The third-order valence-corrected chi connectivity index (χ3v) is 4.41. The number of sulfonamides is 1. The Bertz CT molecular complexity index is 697. The molecule has 0 aromatic heterocycles. The molecule has 0 aliphatic rings. The summed E-state index contributed by atoms with van der Waals surface area (Å²) >= 11 is 0. The molecule has 0 spiro atoms. The Morgan fingerprint density at radius 3 is 2.55 bits per heavy atom. The Balaban J connectivity index is 2.35. The summed E-state index contributed by atoms with van der Waals surface area (Å²) in [5, 5.41) is 10.8. The molecule has 0 aliphatic carbocycles. The zero-order valence-electron chi connectivity index (χ0n) is 11.2. The van der Waals surface area contributed by atoms with Crippen molar-refractivity contribution in [1.82, 2.24) is 4.72 Å². The van der Waals surface area contributed by atoms with Gasteiger partial charge in [-0.3, -0.25) is 0 Å². The number of phenolic OH excluding ortho intramolecular Hbond substituents is 1. The molecule has 2 rings (SSSR count). The minimum atomic E-state index is -3.63. The highest BCUT2D eigenvalue weighted by Gasteiger charge is 2.17. The molecule has 2 aromatic carbocycles. The number of aromatic hydroxyl groups is 1. The van der Waals surface area contributed by atoms with Crippen LogP contribution in [0.15, 0.2) is 41.3 Å². The summed E-state index contributed by atoms with van der Waals surface area (Å²) in [6.45, 7) is 2.93. The van der Waals surface area contributed by atoms with E-state index in [2.05, 4.69) is 4.72 Å². The van der Waals surface area contributed by atoms with E-state index in [4.69, 9.17) is 4.74 Å². The van der Waals surface area contributed by atoms with Crippen LogP contribution in [0.1, 0.15) is 6.92 Å². The van der Waals surface area contributed by atoms with Crippen molar-refractivity contribution in [2.75, 3.05) is 19.8 Å². The largest absolute Gasteiger partial charge is 0.507 e. The molecule has 0 saturated heterocycles. The van der Waals surface area contributed by atoms with E-state index in [-0.39, 0.29) is 17.2 Å². The van der Waals surface area contributed by atoms with E-state index >= 15 is 0 Å². The molecule has 0 aliphatic heterocycles. The van der Waals surface area contributed by atoms with Crippen LogP contribution in [0.2, 0.25) is 0 Å². The summed E-state index contributed by atoms with van der Waals surface area (Å²) < 4.78 is 32.1. The average Bonchev–Trinajstić information content (AvgIpc) is 2.44. The monoisotopic (exact) mass is 295 g/mol. The Morgan fingerprint density at radius 1 is 1.15 bits per heavy atom. The number of hydrogen-bond acceptors (Lipinski definition) is 4. The number of fused-ring (bicyclic) bond motifs is 1. The van der Waals surface area contributed by atoms with Gasteiger partial charge in [0, 0.05) is 23.9 Å². The van der Waals surface area contributed by atoms with Crippen LogP contribution >= 0.6 is 0 Å². The highest BCUT2D eigenvalue weighted by atomic mass is 32.2. The van der Waals surface area contributed by atoms with E-state index < -0.39 is 10.0 Å². The molecule has 0 unspecified atom stereocenters. The van der Waals surface area contributed by atoms with Crippen molar-refractivity contribution in [3.8, 4) is 5.75 Å². The summed E-state index contributed by atoms with van der Waals surface area (Å²) in [5.41, 5.74) is 0. The summed E-state index contributed by atoms with van der Waals surface area (Å²) in [6.07, 6.45) is 0. The van der Waals surface area contributed by atoms with E-state index in [0.717, 1.165) is 0 Å². The number of phenols is 1. The predicted molar refractivity (Wildman–Crippen MR) is 77.3 cm³/mol. The van der Waals surface area contributed by atoms with Crippen molar-refractivity contribution in [2.24, 2.45) is 0 Å². The maximum absolute atomic E-state index is 12.3. The zero-order chi connectivity index (χ0) is 14.6. The van der Waals surface area contributed by atoms with Crippen LogP contribution in [0.25, 0.3) is 10.8 Å². The second-order valence-corrected chi connectivity index (χ2v) is 5.96. The molecular weight excluding hydrogens is 278 g/mol. The first-order chi connectivity index (χ1) is 9.56. The van der Waals surface area contributed by atoms with Gasteiger partial charge in [0.2, 0.25) is 10.0 Å². The molecule has 5 nitrogen and oxygen atoms in total. The zero-order valence-corrected chi connectivity index (χ0v) is 12.0. The molecular formula is C14H17NO4S. The first kappa shape index (κ1) is 14.8. The van der Waals surface area contributed by atoms with Gasteiger partial charge >= 0.3 is 0 Å². The van der Waals surface area contributed by atoms with Crippen LogP contribution in [0.3, 0.4) is 0 Å². The van der Waals surface area contributed by atoms with Gasteiger partial charge in [-0.05, 0) is 19.1 Å². The van der Waals surface area contributed by atoms with Gasteiger partial charge in [0.15, 0.2) is 0 Å². The maximum Gasteiger partial charge on any atom is 0.241 e. The third kappa shape index (κ3) is 3.09. The molecule has 108 valence electrons. The molecule has 0 atom stereocenters. The average molecular weight is 295 g/mol. The summed E-state index contributed by atoms with van der Waals surface area (Å²) in [6, 6.07) is 9.64. The molecule has 0 bridgehead atoms. The van der Waals surface area contributed by atoms with Crippen LogP contribution in [0.4, 0.5) is 0 Å². The minimum absolute atomic E-state index is 0.0638. The van der Waals surface area contributed by atoms with Crippen molar-refractivity contribution in [3.05, 3.63) is 36.4 Å². The van der Waals surface area contributed by atoms with Crippen LogP contribution in [0, 0.1) is 0 Å². The van der Waals surface area contributed by atoms with Gasteiger partial charge in [0.25, 0.3) is 0 Å². The van der Waals surface area contributed by atoms with Crippen LogP contribution < -0.4 is 4.72 Å². The van der Waals surface area contributed by atoms with Crippen molar-refractivity contribution >= 4 is 20.8 Å². The molecule has 0 heterocycles. The van der Waals surface area contributed by atoms with Crippen LogP contribution in [-0.4, -0.2) is 33.3 Å². The fraction of sp³-hybridized carbons (Fsp3) is 0.286. The van der Waals surface area contributed by atoms with Crippen molar-refractivity contribution in [1.29, 1.82) is 0 Å². The molecule has 6 heteroatoms. The smallest absolute Gasteiger partial charge is 0.241 e. The summed E-state index contributed by atoms with van der Waals surface area (Å²) in [4.78, 5) is 0.155. The van der Waals surface area contributed by atoms with E-state index in [1.54, 1.807) is 24.3 Å². The topological polar surface area (TPSA) is 75.6 Å². The van der Waals surface area contributed by atoms with Crippen molar-refractivity contribution < 1.29 is 18.3 Å². The Morgan fingerprint density at radius 2 is 1.85 bits per heavy atom. The third-order valence-electron chi connectivity index (χ3n) is 2.89. The normalized spacial score (nSPS) is 11.8. The number of rotatable bonds is 6. The lowest BCUT2D eigenvalue weighted by Crippen LogP contribution is -2.27. The van der Waals surface area contributed by atoms with Crippen molar-refractivity contribution in [2.45, 2.75) is 11.8 Å². The SMILES string of the molecule is CCOCCNS(=O)(=O)c1ccc(O)c2ccccc12. The first-order valence-corrected chi connectivity index (χ1v) is 7.82. The molecule has 2 aromatic rings. The standard InChI is InChI=1S/C14H17NO4S/c1-2-19-10-9-15-20(17,18)14-8-7-13(16)11-5-3-4-6-12(11)14/h3-8,15-16H,2,9-10H2,1H3. The van der Waals surface area contributed by atoms with Crippen LogP contribution in [0.5, 0.6) is 5.75 Å². The lowest BCUT2D eigenvalue weighted by Gasteiger charge is -2.10. The van der Waals surface area contributed by atoms with E-state index in [1.165, 1.54) is 12.1 Å². The molecule has 0 radical (unpaired) electrons. The van der Waals surface area contributed by atoms with Gasteiger partial charge < -0.3 is 9.84 Å². The Hall–Kier alpha value is -1.63. The molecule has 0 amide bonds. The Labute approximate surface area is 118 Å². The van der Waals surface area contributed by atoms with Gasteiger partial charge in [-0.25, -0.2) is 13.1 Å². The molecule has 0 saturated carbocycles. The summed E-state index contributed by atoms with van der Waals surface area (Å²) in [5.74, 6) is 0.0638. The lowest BCUT2D eigenvalue weighted by atomic mass is 10.1. The van der Waals surface area contributed by atoms with Gasteiger partial charge in [-0.1, -0.05) is 24.3 Å². The quantitative estimate of drug-likeness (QED) is 0.798. The fourth-order valence-electron chi connectivity index (χ4n) is 1.96. The highest BCUT2D eigenvalue weighted by Crippen LogP contribution is 2.29. The summed E-state index contributed by atoms with van der Waals surface area (Å²) in [7, 11) is -3.63. The van der Waals surface area contributed by atoms with Gasteiger partial charge in [0.05, 0.1) is 11.5 Å². The lowest BCUT2D eigenvalue weighted by molar-refractivity contribution is 0.153. The second-order valence-electron chi connectivity index (χ2n) is 4.22.